The Morgan fingerprint density at radius 2 is 1.89 bits per heavy atom. The van der Waals surface area contributed by atoms with Gasteiger partial charge in [-0.25, -0.2) is 25.1 Å². The molecule has 2 aromatic heterocycles. The van der Waals surface area contributed by atoms with Gasteiger partial charge in [0.05, 0.1) is 31.5 Å². The van der Waals surface area contributed by atoms with Gasteiger partial charge < -0.3 is 24.5 Å². The summed E-state index contributed by atoms with van der Waals surface area (Å²) in [6.45, 7) is 9.02. The van der Waals surface area contributed by atoms with Gasteiger partial charge in [-0.2, -0.15) is 0 Å². The zero-order chi connectivity index (χ0) is 27.2. The van der Waals surface area contributed by atoms with Gasteiger partial charge in [0.25, 0.3) is 0 Å². The second kappa shape index (κ2) is 12.8. The Bertz CT molecular complexity index is 1120. The molecule has 1 unspecified atom stereocenters. The van der Waals surface area contributed by atoms with Crippen LogP contribution in [0.25, 0.3) is 11.2 Å². The first kappa shape index (κ1) is 29.0. The van der Waals surface area contributed by atoms with E-state index in [1.807, 2.05) is 6.92 Å². The predicted octanol–water partition coefficient (Wildman–Crippen LogP) is 2.36. The van der Waals surface area contributed by atoms with E-state index in [-0.39, 0.29) is 30.8 Å². The number of fused-ring (bicyclic) bond motifs is 1. The van der Waals surface area contributed by atoms with E-state index in [4.69, 9.17) is 19.9 Å². The van der Waals surface area contributed by atoms with Gasteiger partial charge in [0.1, 0.15) is 30.3 Å². The van der Waals surface area contributed by atoms with Crippen molar-refractivity contribution in [2.24, 2.45) is 0 Å². The third-order valence-electron chi connectivity index (χ3n) is 5.78. The van der Waals surface area contributed by atoms with Crippen LogP contribution in [0.15, 0.2) is 12.7 Å². The average molecular weight is 540 g/mol. The maximum atomic E-state index is 13.9. The van der Waals surface area contributed by atoms with Crippen LogP contribution >= 0.6 is 7.44 Å². The van der Waals surface area contributed by atoms with Crippen LogP contribution in [-0.2, 0) is 34.9 Å². The number of nitrogens with zero attached hydrogens (tertiary/aromatic N) is 4. The number of imidazole rings is 1. The number of nitrogens with two attached hydrogens (primary N) is 1. The number of aromatic nitrogens is 4. The molecule has 4 atom stereocenters. The Labute approximate surface area is 216 Å². The van der Waals surface area contributed by atoms with E-state index < -0.39 is 37.6 Å². The van der Waals surface area contributed by atoms with E-state index >= 15 is 0 Å². The Morgan fingerprint density at radius 3 is 2.54 bits per heavy atom. The van der Waals surface area contributed by atoms with Crippen LogP contribution in [0.5, 0.6) is 0 Å². The Hall–Kier alpha value is -2.60. The minimum atomic E-state index is -3.51. The molecule has 1 fully saturated rings. The lowest BCUT2D eigenvalue weighted by atomic mass is 9.96. The third-order valence-corrected chi connectivity index (χ3v) is 7.96. The van der Waals surface area contributed by atoms with Crippen molar-refractivity contribution in [3.05, 3.63) is 12.7 Å². The van der Waals surface area contributed by atoms with Crippen molar-refractivity contribution in [3.8, 4) is 0 Å². The first-order chi connectivity index (χ1) is 17.5. The summed E-state index contributed by atoms with van der Waals surface area (Å²) in [4.78, 5) is 37.0. The highest BCUT2D eigenvalue weighted by Gasteiger charge is 2.33. The van der Waals surface area contributed by atoms with E-state index in [0.29, 0.717) is 17.7 Å². The van der Waals surface area contributed by atoms with Gasteiger partial charge in [-0.15, -0.1) is 0 Å². The number of nitrogens with one attached hydrogen (secondary N) is 2. The lowest BCUT2D eigenvalue weighted by Crippen LogP contribution is -2.42. The summed E-state index contributed by atoms with van der Waals surface area (Å²) in [5.41, 5.74) is 6.91. The minimum absolute atomic E-state index is 0.00244. The molecule has 0 radical (unpaired) electrons. The number of hydrogen-bond acceptors (Lipinski definition) is 10. The highest BCUT2D eigenvalue weighted by molar-refractivity contribution is 7.59. The number of nitrogen functional groups attached to an aromatic ring is 1. The molecular weight excluding hydrogens is 501 g/mol. The number of carbonyl (C=O) groups excluding carboxylic acids is 2. The first-order valence-corrected chi connectivity index (χ1v) is 14.4. The Morgan fingerprint density at radius 1 is 1.16 bits per heavy atom. The SMILES string of the molecule is CC(C)OC(=O)C[C@H](C)NP(=O)(CO[C@H](C)Cn1cnc2c(N)ncnc21)N[C@H](C)C(=O)OC1CCC1. The molecule has 0 spiro atoms. The van der Waals surface area contributed by atoms with E-state index in [1.54, 1.807) is 38.6 Å². The number of rotatable bonds is 14. The van der Waals surface area contributed by atoms with Crippen LogP contribution < -0.4 is 15.9 Å². The van der Waals surface area contributed by atoms with Crippen molar-refractivity contribution < 1.29 is 28.4 Å². The summed E-state index contributed by atoms with van der Waals surface area (Å²) in [5.74, 6) is -0.613. The van der Waals surface area contributed by atoms with Gasteiger partial charge >= 0.3 is 11.9 Å². The van der Waals surface area contributed by atoms with E-state index in [0.717, 1.165) is 19.3 Å². The van der Waals surface area contributed by atoms with Crippen molar-refractivity contribution in [1.82, 2.24) is 29.7 Å². The summed E-state index contributed by atoms with van der Waals surface area (Å²) in [7, 11) is -3.51. The van der Waals surface area contributed by atoms with Crippen LogP contribution in [0, 0.1) is 0 Å². The van der Waals surface area contributed by atoms with Crippen molar-refractivity contribution in [3.63, 3.8) is 0 Å². The molecule has 4 N–H and O–H groups in total. The molecule has 2 heterocycles. The summed E-state index contributed by atoms with van der Waals surface area (Å²) in [5, 5.41) is 5.85. The fourth-order valence-corrected chi connectivity index (χ4v) is 6.01. The molecular formula is C23H38N7O6P. The molecule has 14 heteroatoms. The first-order valence-electron chi connectivity index (χ1n) is 12.5. The van der Waals surface area contributed by atoms with Crippen molar-refractivity contribution in [2.45, 2.75) is 97.2 Å². The Kier molecular flexibility index (Phi) is 10.00. The van der Waals surface area contributed by atoms with E-state index in [2.05, 4.69) is 25.1 Å². The van der Waals surface area contributed by atoms with Gasteiger partial charge in [-0.05, 0) is 53.9 Å². The molecule has 13 nitrogen and oxygen atoms in total. The topological polar surface area (TPSA) is 173 Å². The third kappa shape index (κ3) is 8.46. The van der Waals surface area contributed by atoms with Gasteiger partial charge in [-0.3, -0.25) is 14.2 Å². The maximum Gasteiger partial charge on any atom is 0.323 e. The predicted molar refractivity (Wildman–Crippen MR) is 138 cm³/mol. The number of hydrogen-bond donors (Lipinski definition) is 3. The monoisotopic (exact) mass is 539 g/mol. The molecule has 2 aromatic rings. The molecule has 3 rings (SSSR count). The van der Waals surface area contributed by atoms with Crippen LogP contribution in [-0.4, -0.2) is 68.2 Å². The van der Waals surface area contributed by atoms with E-state index in [1.165, 1.54) is 6.33 Å². The fraction of sp³-hybridized carbons (Fsp3) is 0.696. The lowest BCUT2D eigenvalue weighted by Gasteiger charge is -2.30. The molecule has 37 heavy (non-hydrogen) atoms. The number of ether oxygens (including phenoxy) is 3. The molecule has 1 aliphatic rings. The largest absolute Gasteiger partial charge is 0.463 e. The van der Waals surface area contributed by atoms with Crippen molar-refractivity contribution in [2.75, 3.05) is 12.1 Å². The summed E-state index contributed by atoms with van der Waals surface area (Å²) >= 11 is 0. The fourth-order valence-electron chi connectivity index (χ4n) is 3.79. The zero-order valence-electron chi connectivity index (χ0n) is 22.0. The smallest absolute Gasteiger partial charge is 0.323 e. The van der Waals surface area contributed by atoms with Gasteiger partial charge in [0.15, 0.2) is 11.5 Å². The van der Waals surface area contributed by atoms with E-state index in [9.17, 15) is 14.2 Å². The lowest BCUT2D eigenvalue weighted by molar-refractivity contribution is -0.154. The number of carbonyl (C=O) groups is 2. The molecule has 0 aromatic carbocycles. The van der Waals surface area contributed by atoms with Crippen molar-refractivity contribution >= 4 is 36.4 Å². The Balaban J connectivity index is 1.64. The van der Waals surface area contributed by atoms with Gasteiger partial charge in [0, 0.05) is 6.04 Å². The highest BCUT2D eigenvalue weighted by Crippen LogP contribution is 2.38. The normalized spacial score (nSPS) is 18.1. The summed E-state index contributed by atoms with van der Waals surface area (Å²) in [6, 6.07) is -1.35. The molecule has 0 saturated heterocycles. The summed E-state index contributed by atoms with van der Waals surface area (Å²) in [6.07, 6.45) is 4.68. The van der Waals surface area contributed by atoms with Gasteiger partial charge in [0.2, 0.25) is 7.44 Å². The number of anilines is 1. The van der Waals surface area contributed by atoms with Crippen LogP contribution in [0.2, 0.25) is 0 Å². The van der Waals surface area contributed by atoms with Crippen LogP contribution in [0.4, 0.5) is 5.82 Å². The minimum Gasteiger partial charge on any atom is -0.463 e. The molecule has 0 bridgehead atoms. The average Bonchev–Trinajstić information content (AvgIpc) is 3.17. The molecule has 0 amide bonds. The molecule has 1 saturated carbocycles. The molecule has 0 aliphatic heterocycles. The van der Waals surface area contributed by atoms with Crippen molar-refractivity contribution in [1.29, 1.82) is 0 Å². The number of esters is 2. The summed E-state index contributed by atoms with van der Waals surface area (Å²) < 4.78 is 32.3. The zero-order valence-corrected chi connectivity index (χ0v) is 22.9. The van der Waals surface area contributed by atoms with Crippen LogP contribution in [0.1, 0.15) is 60.3 Å². The standard InChI is InChI=1S/C23H38N7O6P/c1-14(2)35-19(31)9-15(3)28-37(33,29-17(5)23(32)36-18-7-6-8-18)13-34-16(4)10-30-12-27-20-21(24)25-11-26-22(20)30/h11-12,14-18H,6-10,13H2,1-5H3,(H2,24,25,26)(H2,28,29,33)/t15-,16+,17+,37?/m0/s1. The second-order valence-electron chi connectivity index (χ2n) is 9.79. The molecule has 206 valence electrons. The van der Waals surface area contributed by atoms with Gasteiger partial charge in [-0.1, -0.05) is 0 Å². The molecule has 1 aliphatic carbocycles. The quantitative estimate of drug-likeness (QED) is 0.237. The maximum absolute atomic E-state index is 13.9. The van der Waals surface area contributed by atoms with Crippen LogP contribution in [0.3, 0.4) is 0 Å². The highest BCUT2D eigenvalue weighted by atomic mass is 31.2. The second-order valence-corrected chi connectivity index (χ2v) is 12.0.